The molecule has 1 N–H and O–H groups in total. The molecule has 0 aromatic heterocycles. The topological polar surface area (TPSA) is 99.1 Å². The maximum Gasteiger partial charge on any atom is 0.334 e. The average molecular weight is 537 g/mol. The molecule has 5 fully saturated rings. The number of rotatable bonds is 1. The van der Waals surface area contributed by atoms with Crippen LogP contribution in [0, 0.1) is 39.9 Å². The van der Waals surface area contributed by atoms with Gasteiger partial charge in [-0.05, 0) is 64.7 Å². The fourth-order valence-corrected chi connectivity index (χ4v) is 10.8. The molecule has 0 amide bonds. The van der Waals surface area contributed by atoms with Crippen LogP contribution in [-0.4, -0.2) is 47.4 Å². The Bertz CT molecular complexity index is 1290. The molecule has 39 heavy (non-hydrogen) atoms. The van der Waals surface area contributed by atoms with Gasteiger partial charge in [0.2, 0.25) is 0 Å². The molecular weight excluding hydrogens is 496 g/mol. The van der Waals surface area contributed by atoms with E-state index in [0.29, 0.717) is 31.3 Å². The van der Waals surface area contributed by atoms with E-state index in [1.54, 1.807) is 0 Å². The van der Waals surface area contributed by atoms with Gasteiger partial charge >= 0.3 is 17.9 Å². The van der Waals surface area contributed by atoms with Gasteiger partial charge in [0.25, 0.3) is 0 Å². The SMILES string of the molecule is C=C1C(=O)O[C@@H]2C[C@@H](C)[C@]34C[C@]5(C(=O)O[C@H]6C[C@@]7(C)C(=C(C)CC[C@@H]7O)C[C@H]65)[C@H](C(C)=C3C[C@@H]12)[C@H]4OC(C)=O. The summed E-state index contributed by atoms with van der Waals surface area (Å²) in [6, 6.07) is 0. The third-order valence-electron chi connectivity index (χ3n) is 12.6. The predicted octanol–water partition coefficient (Wildman–Crippen LogP) is 4.58. The second kappa shape index (κ2) is 7.86. The molecule has 210 valence electrons. The van der Waals surface area contributed by atoms with Gasteiger partial charge in [-0.3, -0.25) is 9.59 Å². The van der Waals surface area contributed by atoms with Gasteiger partial charge in [0.05, 0.1) is 11.5 Å². The van der Waals surface area contributed by atoms with Crippen LogP contribution in [0.4, 0.5) is 0 Å². The highest BCUT2D eigenvalue weighted by Crippen LogP contribution is 2.76. The normalized spacial score (nSPS) is 49.8. The van der Waals surface area contributed by atoms with Gasteiger partial charge in [-0.1, -0.05) is 42.7 Å². The summed E-state index contributed by atoms with van der Waals surface area (Å²) >= 11 is 0. The Morgan fingerprint density at radius 3 is 2.56 bits per heavy atom. The first-order valence-electron chi connectivity index (χ1n) is 14.7. The van der Waals surface area contributed by atoms with Crippen LogP contribution in [-0.2, 0) is 28.6 Å². The van der Waals surface area contributed by atoms with Crippen molar-refractivity contribution >= 4 is 17.9 Å². The van der Waals surface area contributed by atoms with E-state index in [-0.39, 0.29) is 59.2 Å². The number of hydrogen-bond donors (Lipinski definition) is 1. The first-order valence-corrected chi connectivity index (χ1v) is 14.7. The smallest absolute Gasteiger partial charge is 0.334 e. The monoisotopic (exact) mass is 536 g/mol. The van der Waals surface area contributed by atoms with E-state index in [9.17, 15) is 19.5 Å². The molecule has 0 unspecified atom stereocenters. The van der Waals surface area contributed by atoms with Crippen LogP contribution in [0.15, 0.2) is 34.4 Å². The van der Waals surface area contributed by atoms with Crippen molar-refractivity contribution in [1.29, 1.82) is 0 Å². The quantitative estimate of drug-likeness (QED) is 0.227. The number of aliphatic hydroxyl groups excluding tert-OH is 1. The van der Waals surface area contributed by atoms with Crippen LogP contribution >= 0.6 is 0 Å². The lowest BCUT2D eigenvalue weighted by molar-refractivity contribution is -0.156. The molecule has 3 saturated carbocycles. The maximum atomic E-state index is 14.2. The summed E-state index contributed by atoms with van der Waals surface area (Å²) in [6.07, 6.45) is 3.44. The highest BCUT2D eigenvalue weighted by atomic mass is 16.6. The highest BCUT2D eigenvalue weighted by Gasteiger charge is 2.79. The molecule has 0 aromatic carbocycles. The van der Waals surface area contributed by atoms with Crippen molar-refractivity contribution in [2.45, 2.75) is 104 Å². The van der Waals surface area contributed by atoms with Gasteiger partial charge in [0, 0.05) is 41.1 Å². The molecule has 7 rings (SSSR count). The molecule has 7 nitrogen and oxygen atoms in total. The van der Waals surface area contributed by atoms with E-state index in [0.717, 1.165) is 24.8 Å². The highest BCUT2D eigenvalue weighted by molar-refractivity contribution is 5.91. The van der Waals surface area contributed by atoms with Gasteiger partial charge in [0.1, 0.15) is 18.3 Å². The van der Waals surface area contributed by atoms with Crippen LogP contribution < -0.4 is 0 Å². The van der Waals surface area contributed by atoms with E-state index in [1.165, 1.54) is 23.6 Å². The first kappa shape index (κ1) is 25.6. The molecule has 11 atom stereocenters. The lowest BCUT2D eigenvalue weighted by atomic mass is 9.52. The second-order valence-electron chi connectivity index (χ2n) is 14.0. The molecule has 2 bridgehead atoms. The number of carbonyl (C=O) groups is 3. The number of hydrogen-bond acceptors (Lipinski definition) is 7. The Balaban J connectivity index is 1.37. The Labute approximate surface area is 230 Å². The molecule has 2 aliphatic heterocycles. The summed E-state index contributed by atoms with van der Waals surface area (Å²) < 4.78 is 18.3. The van der Waals surface area contributed by atoms with Crippen molar-refractivity contribution in [1.82, 2.24) is 0 Å². The van der Waals surface area contributed by atoms with Crippen LogP contribution in [0.1, 0.15) is 79.6 Å². The maximum absolute atomic E-state index is 14.2. The third-order valence-corrected chi connectivity index (χ3v) is 12.6. The summed E-state index contributed by atoms with van der Waals surface area (Å²) in [5.41, 5.74) is 3.81. The Kier molecular flexibility index (Phi) is 5.15. The molecule has 2 saturated heterocycles. The molecule has 0 aromatic rings. The molecule has 2 heterocycles. The van der Waals surface area contributed by atoms with E-state index < -0.39 is 23.0 Å². The molecular formula is C32H40O7. The van der Waals surface area contributed by atoms with Crippen molar-refractivity contribution in [3.8, 4) is 0 Å². The summed E-state index contributed by atoms with van der Waals surface area (Å²) in [5.74, 6) is -1.17. The van der Waals surface area contributed by atoms with Crippen molar-refractivity contribution in [3.05, 3.63) is 34.4 Å². The van der Waals surface area contributed by atoms with E-state index in [4.69, 9.17) is 14.2 Å². The van der Waals surface area contributed by atoms with Gasteiger partial charge in [-0.25, -0.2) is 4.79 Å². The fourth-order valence-electron chi connectivity index (χ4n) is 10.8. The zero-order valence-corrected chi connectivity index (χ0v) is 23.7. The zero-order valence-electron chi connectivity index (χ0n) is 23.7. The van der Waals surface area contributed by atoms with E-state index in [2.05, 4.69) is 34.3 Å². The number of ether oxygens (including phenoxy) is 3. The van der Waals surface area contributed by atoms with Crippen LogP contribution in [0.2, 0.25) is 0 Å². The lowest BCUT2D eigenvalue weighted by Crippen LogP contribution is -2.50. The van der Waals surface area contributed by atoms with Gasteiger partial charge < -0.3 is 19.3 Å². The fraction of sp³-hybridized carbons (Fsp3) is 0.719. The van der Waals surface area contributed by atoms with Crippen molar-refractivity contribution in [3.63, 3.8) is 0 Å². The number of carbonyl (C=O) groups excluding carboxylic acids is 3. The van der Waals surface area contributed by atoms with E-state index in [1.807, 2.05) is 0 Å². The van der Waals surface area contributed by atoms with E-state index >= 15 is 0 Å². The Hall–Kier alpha value is -2.41. The Morgan fingerprint density at radius 1 is 1.10 bits per heavy atom. The Morgan fingerprint density at radius 2 is 1.85 bits per heavy atom. The molecule has 5 aliphatic carbocycles. The van der Waals surface area contributed by atoms with Crippen molar-refractivity contribution < 1.29 is 33.7 Å². The van der Waals surface area contributed by atoms with Crippen molar-refractivity contribution in [2.24, 2.45) is 39.9 Å². The third kappa shape index (κ3) is 2.90. The minimum atomic E-state index is -0.781. The molecule has 2 spiro atoms. The largest absolute Gasteiger partial charge is 0.462 e. The first-order chi connectivity index (χ1) is 18.4. The zero-order chi connectivity index (χ0) is 27.8. The number of esters is 3. The van der Waals surface area contributed by atoms with Gasteiger partial charge in [-0.2, -0.15) is 0 Å². The van der Waals surface area contributed by atoms with Crippen molar-refractivity contribution in [2.75, 3.05) is 0 Å². The standard InChI is InChI=1S/C32H40O7/c1-14-7-8-25(34)30(6)12-24-22(11-20(14)30)32(29(36)39-24)13-31-15(2)9-23-19(16(3)28(35)38-23)10-21(31)17(4)26(32)27(31)37-18(5)33/h15,19,22-27,34H,3,7-13H2,1-2,4-6H3/t15-,19+,22-,23-,24+,25+,26-,27-,30+,31-,32-/m1/s1. The van der Waals surface area contributed by atoms with Gasteiger partial charge in [0.15, 0.2) is 0 Å². The average Bonchev–Trinajstić information content (AvgIpc) is 3.44. The minimum absolute atomic E-state index is 0.0306. The number of fused-ring (bicyclic) bond motifs is 6. The summed E-state index contributed by atoms with van der Waals surface area (Å²) in [7, 11) is 0. The van der Waals surface area contributed by atoms with Crippen LogP contribution in [0.5, 0.6) is 0 Å². The second-order valence-corrected chi connectivity index (χ2v) is 14.0. The lowest BCUT2D eigenvalue weighted by Gasteiger charge is -2.50. The minimum Gasteiger partial charge on any atom is -0.462 e. The number of allylic oxidation sites excluding steroid dienone is 1. The van der Waals surface area contributed by atoms with Crippen LogP contribution in [0.25, 0.3) is 0 Å². The molecule has 0 radical (unpaired) electrons. The van der Waals surface area contributed by atoms with Gasteiger partial charge in [-0.15, -0.1) is 0 Å². The summed E-state index contributed by atoms with van der Waals surface area (Å²) in [5, 5.41) is 11.1. The molecule has 7 heteroatoms. The predicted molar refractivity (Wildman–Crippen MR) is 141 cm³/mol. The summed E-state index contributed by atoms with van der Waals surface area (Å²) in [4.78, 5) is 39.2. The van der Waals surface area contributed by atoms with Crippen LogP contribution in [0.3, 0.4) is 0 Å². The summed E-state index contributed by atoms with van der Waals surface area (Å²) in [6.45, 7) is 14.1. The molecule has 7 aliphatic rings. The number of aliphatic hydroxyl groups is 1.